The Morgan fingerprint density at radius 1 is 1.09 bits per heavy atom. The summed E-state index contributed by atoms with van der Waals surface area (Å²) >= 11 is 0. The minimum atomic E-state index is -0.956. The first-order valence-electron chi connectivity index (χ1n) is 4.62. The van der Waals surface area contributed by atoms with E-state index in [1.54, 1.807) is 0 Å². The highest BCUT2D eigenvalue weighted by molar-refractivity contribution is 7.46. The predicted octanol–water partition coefficient (Wildman–Crippen LogP) is 3.80. The second kappa shape index (κ2) is 5.71. The van der Waals surface area contributed by atoms with E-state index in [-0.39, 0.29) is 0 Å². The highest BCUT2D eigenvalue weighted by Gasteiger charge is 2.31. The van der Waals surface area contributed by atoms with Gasteiger partial charge >= 0.3 is 7.80 Å². The van der Waals surface area contributed by atoms with Gasteiger partial charge in [-0.2, -0.15) is 0 Å². The standard InChI is InChI=1S/C9H20OP/c1-5-8(4)11(10)9(6-2)7-3/h8-9H,5-7H2,1-4H3/q+1. The maximum absolute atomic E-state index is 11.7. The lowest BCUT2D eigenvalue weighted by Crippen LogP contribution is -2.05. The second-order valence-electron chi connectivity index (χ2n) is 3.09. The molecule has 0 aromatic carbocycles. The molecule has 0 aromatic rings. The average Bonchev–Trinajstić information content (AvgIpc) is 2.05. The highest BCUT2D eigenvalue weighted by atomic mass is 31.1. The van der Waals surface area contributed by atoms with Gasteiger partial charge in [0.15, 0.2) is 11.3 Å². The summed E-state index contributed by atoms with van der Waals surface area (Å²) in [6.07, 6.45) is 3.18. The summed E-state index contributed by atoms with van der Waals surface area (Å²) in [6.45, 7) is 8.46. The van der Waals surface area contributed by atoms with E-state index < -0.39 is 7.80 Å². The molecular formula is C9H20OP+. The van der Waals surface area contributed by atoms with Crippen LogP contribution >= 0.6 is 7.80 Å². The number of rotatable bonds is 5. The molecule has 0 saturated carbocycles. The molecule has 0 heterocycles. The van der Waals surface area contributed by atoms with Gasteiger partial charge in [0.25, 0.3) is 0 Å². The van der Waals surface area contributed by atoms with Gasteiger partial charge in [-0.1, -0.05) is 25.3 Å². The molecule has 1 nitrogen and oxygen atoms in total. The molecule has 2 unspecified atom stereocenters. The zero-order valence-electron chi connectivity index (χ0n) is 8.13. The van der Waals surface area contributed by atoms with Gasteiger partial charge in [-0.3, -0.25) is 0 Å². The van der Waals surface area contributed by atoms with E-state index in [0.29, 0.717) is 11.3 Å². The van der Waals surface area contributed by atoms with Crippen LogP contribution in [0.3, 0.4) is 0 Å². The normalized spacial score (nSPS) is 15.2. The van der Waals surface area contributed by atoms with Gasteiger partial charge in [-0.25, -0.2) is 0 Å². The van der Waals surface area contributed by atoms with Gasteiger partial charge in [0.2, 0.25) is 0 Å². The van der Waals surface area contributed by atoms with E-state index in [9.17, 15) is 4.57 Å². The Morgan fingerprint density at radius 3 is 1.82 bits per heavy atom. The van der Waals surface area contributed by atoms with Crippen LogP contribution in [-0.2, 0) is 4.57 Å². The molecule has 0 spiro atoms. The Hall–Kier alpha value is 0.100. The minimum Gasteiger partial charge on any atom is -0.0742 e. The second-order valence-corrected chi connectivity index (χ2v) is 5.42. The molecule has 0 aliphatic carbocycles. The van der Waals surface area contributed by atoms with Crippen molar-refractivity contribution >= 4 is 7.80 Å². The summed E-state index contributed by atoms with van der Waals surface area (Å²) in [6, 6.07) is 0. The average molecular weight is 175 g/mol. The van der Waals surface area contributed by atoms with Gasteiger partial charge in [-0.15, -0.1) is 0 Å². The molecule has 0 aliphatic heterocycles. The number of hydrogen-bond acceptors (Lipinski definition) is 1. The number of hydrogen-bond donors (Lipinski definition) is 0. The molecule has 0 fully saturated rings. The monoisotopic (exact) mass is 175 g/mol. The van der Waals surface area contributed by atoms with E-state index in [1.165, 1.54) is 0 Å². The maximum Gasteiger partial charge on any atom is 0.344 e. The van der Waals surface area contributed by atoms with Gasteiger partial charge in [0.05, 0.1) is 0 Å². The summed E-state index contributed by atoms with van der Waals surface area (Å²) in [7, 11) is -0.956. The molecule has 0 N–H and O–H groups in total. The van der Waals surface area contributed by atoms with Crippen molar-refractivity contribution in [3.8, 4) is 0 Å². The Balaban J connectivity index is 3.97. The summed E-state index contributed by atoms with van der Waals surface area (Å²) < 4.78 is 11.7. The van der Waals surface area contributed by atoms with E-state index in [4.69, 9.17) is 0 Å². The molecule has 2 atom stereocenters. The van der Waals surface area contributed by atoms with Crippen molar-refractivity contribution in [2.24, 2.45) is 0 Å². The smallest absolute Gasteiger partial charge is 0.0742 e. The molecule has 11 heavy (non-hydrogen) atoms. The topological polar surface area (TPSA) is 17.1 Å². The van der Waals surface area contributed by atoms with Gasteiger partial charge in [0.1, 0.15) is 0 Å². The van der Waals surface area contributed by atoms with Crippen LogP contribution in [-0.4, -0.2) is 11.3 Å². The fraction of sp³-hybridized carbons (Fsp3) is 1.00. The summed E-state index contributed by atoms with van der Waals surface area (Å²) in [5, 5.41) is 0. The third-order valence-electron chi connectivity index (χ3n) is 2.33. The van der Waals surface area contributed by atoms with Gasteiger partial charge < -0.3 is 0 Å². The van der Waals surface area contributed by atoms with Crippen LogP contribution in [0, 0.1) is 0 Å². The van der Waals surface area contributed by atoms with Crippen molar-refractivity contribution in [2.75, 3.05) is 0 Å². The first-order valence-corrected chi connectivity index (χ1v) is 6.02. The third-order valence-corrected chi connectivity index (χ3v) is 5.01. The highest BCUT2D eigenvalue weighted by Crippen LogP contribution is 2.38. The van der Waals surface area contributed by atoms with Crippen LogP contribution in [0.4, 0.5) is 0 Å². The van der Waals surface area contributed by atoms with Crippen LogP contribution in [0.2, 0.25) is 0 Å². The summed E-state index contributed by atoms with van der Waals surface area (Å²) in [5.74, 6) is 0. The zero-order valence-corrected chi connectivity index (χ0v) is 9.03. The molecule has 2 heteroatoms. The van der Waals surface area contributed by atoms with Crippen molar-refractivity contribution < 1.29 is 4.57 Å². The molecule has 0 aromatic heterocycles. The van der Waals surface area contributed by atoms with Gasteiger partial charge in [0, 0.05) is 0 Å². The fourth-order valence-corrected chi connectivity index (χ4v) is 2.99. The maximum atomic E-state index is 11.7. The molecule has 0 radical (unpaired) electrons. The largest absolute Gasteiger partial charge is 0.344 e. The molecule has 0 saturated heterocycles. The van der Waals surface area contributed by atoms with Crippen molar-refractivity contribution in [1.29, 1.82) is 0 Å². The Kier molecular flexibility index (Phi) is 5.76. The molecule has 0 amide bonds. The molecular weight excluding hydrogens is 155 g/mol. The quantitative estimate of drug-likeness (QED) is 0.581. The van der Waals surface area contributed by atoms with Crippen LogP contribution < -0.4 is 0 Å². The Labute approximate surface area is 71.4 Å². The van der Waals surface area contributed by atoms with Crippen LogP contribution in [0.5, 0.6) is 0 Å². The lowest BCUT2D eigenvalue weighted by molar-refractivity contribution is 0.562. The predicted molar refractivity (Wildman–Crippen MR) is 51.7 cm³/mol. The van der Waals surface area contributed by atoms with E-state index >= 15 is 0 Å². The van der Waals surface area contributed by atoms with E-state index in [2.05, 4.69) is 27.7 Å². The molecule has 0 aliphatic rings. The van der Waals surface area contributed by atoms with Crippen molar-refractivity contribution in [1.82, 2.24) is 0 Å². The van der Waals surface area contributed by atoms with E-state index in [1.807, 2.05) is 0 Å². The van der Waals surface area contributed by atoms with Crippen LogP contribution in [0.15, 0.2) is 0 Å². The summed E-state index contributed by atoms with van der Waals surface area (Å²) in [5.41, 5.74) is 0.870. The van der Waals surface area contributed by atoms with Crippen molar-refractivity contribution in [3.05, 3.63) is 0 Å². The SMILES string of the molecule is CCC(C)[P+](=O)C(CC)CC. The molecule has 0 rings (SSSR count). The lowest BCUT2D eigenvalue weighted by Gasteiger charge is -2.03. The minimum absolute atomic E-state index is 0.412. The summed E-state index contributed by atoms with van der Waals surface area (Å²) in [4.78, 5) is 0. The first kappa shape index (κ1) is 11.1. The van der Waals surface area contributed by atoms with Crippen LogP contribution in [0.1, 0.15) is 47.0 Å². The van der Waals surface area contributed by atoms with Crippen LogP contribution in [0.25, 0.3) is 0 Å². The third kappa shape index (κ3) is 3.33. The Morgan fingerprint density at radius 2 is 1.55 bits per heavy atom. The molecule has 66 valence electrons. The Bertz CT molecular complexity index is 119. The van der Waals surface area contributed by atoms with Gasteiger partial charge in [-0.05, 0) is 26.2 Å². The van der Waals surface area contributed by atoms with E-state index in [0.717, 1.165) is 19.3 Å². The first-order chi connectivity index (χ1) is 5.17. The molecule has 0 bridgehead atoms. The zero-order chi connectivity index (χ0) is 8.85. The van der Waals surface area contributed by atoms with Crippen molar-refractivity contribution in [3.63, 3.8) is 0 Å². The lowest BCUT2D eigenvalue weighted by atomic mass is 10.3. The fourth-order valence-electron chi connectivity index (χ4n) is 1.19. The van der Waals surface area contributed by atoms with Crippen molar-refractivity contribution in [2.45, 2.75) is 58.3 Å².